The van der Waals surface area contributed by atoms with Gasteiger partial charge in [0.05, 0.1) is 0 Å². The monoisotopic (exact) mass is 201 g/mol. The molecule has 2 rings (SSSR count). The van der Waals surface area contributed by atoms with Crippen molar-refractivity contribution in [1.82, 2.24) is 0 Å². The fourth-order valence-electron chi connectivity index (χ4n) is 1.54. The average Bonchev–Trinajstić information content (AvgIpc) is 2.31. The van der Waals surface area contributed by atoms with Crippen LogP contribution in [0.3, 0.4) is 0 Å². The highest BCUT2D eigenvalue weighted by Crippen LogP contribution is 2.23. The van der Waals surface area contributed by atoms with Crippen molar-refractivity contribution >= 4 is 0 Å². The lowest BCUT2D eigenvalue weighted by atomic mass is 10.0. The van der Waals surface area contributed by atoms with Gasteiger partial charge in [-0.2, -0.15) is 0 Å². The molecule has 0 bridgehead atoms. The fraction of sp³-hybridized carbons (Fsp3) is 0.0769. The van der Waals surface area contributed by atoms with E-state index in [2.05, 4.69) is 0 Å². The molecule has 0 spiro atoms. The second-order valence-corrected chi connectivity index (χ2v) is 3.38. The van der Waals surface area contributed by atoms with Crippen LogP contribution in [0.4, 0.5) is 4.39 Å². The van der Waals surface area contributed by atoms with E-state index in [-0.39, 0.29) is 5.82 Å². The minimum Gasteiger partial charge on any atom is -0.326 e. The second-order valence-electron chi connectivity index (χ2n) is 3.38. The Balaban J connectivity index is 2.52. The van der Waals surface area contributed by atoms with Crippen LogP contribution in [0.5, 0.6) is 0 Å². The minimum absolute atomic E-state index is 0.210. The molecule has 0 fully saturated rings. The molecule has 0 aliphatic carbocycles. The molecule has 15 heavy (non-hydrogen) atoms. The van der Waals surface area contributed by atoms with Crippen LogP contribution in [0.2, 0.25) is 0 Å². The molecule has 0 radical (unpaired) electrons. The molecule has 0 aliphatic heterocycles. The first-order valence-electron chi connectivity index (χ1n) is 4.85. The number of hydrogen-bond acceptors (Lipinski definition) is 1. The van der Waals surface area contributed by atoms with Crippen LogP contribution in [0.15, 0.2) is 48.5 Å². The lowest BCUT2D eigenvalue weighted by Gasteiger charge is -2.05. The summed E-state index contributed by atoms with van der Waals surface area (Å²) < 4.78 is 13.6. The Morgan fingerprint density at radius 1 is 1.00 bits per heavy atom. The van der Waals surface area contributed by atoms with Crippen LogP contribution in [-0.4, -0.2) is 0 Å². The molecule has 0 aromatic heterocycles. The van der Waals surface area contributed by atoms with Crippen LogP contribution < -0.4 is 5.73 Å². The normalized spacial score (nSPS) is 10.3. The summed E-state index contributed by atoms with van der Waals surface area (Å²) in [7, 11) is 0. The van der Waals surface area contributed by atoms with E-state index in [4.69, 9.17) is 5.73 Å². The van der Waals surface area contributed by atoms with Crippen molar-refractivity contribution in [3.8, 4) is 11.1 Å². The second kappa shape index (κ2) is 4.24. The molecule has 2 aromatic rings. The summed E-state index contributed by atoms with van der Waals surface area (Å²) in [6.07, 6.45) is 0. The third kappa shape index (κ3) is 2.05. The van der Waals surface area contributed by atoms with Crippen molar-refractivity contribution in [2.45, 2.75) is 6.54 Å². The van der Waals surface area contributed by atoms with E-state index in [1.807, 2.05) is 30.3 Å². The van der Waals surface area contributed by atoms with Crippen molar-refractivity contribution < 1.29 is 4.39 Å². The van der Waals surface area contributed by atoms with E-state index < -0.39 is 0 Å². The van der Waals surface area contributed by atoms with Gasteiger partial charge in [-0.3, -0.25) is 0 Å². The van der Waals surface area contributed by atoms with E-state index in [0.29, 0.717) is 12.1 Å². The molecule has 0 unspecified atom stereocenters. The first-order valence-corrected chi connectivity index (χ1v) is 4.85. The fourth-order valence-corrected chi connectivity index (χ4v) is 1.54. The highest BCUT2D eigenvalue weighted by molar-refractivity contribution is 5.64. The maximum atomic E-state index is 13.6. The Morgan fingerprint density at radius 3 is 2.40 bits per heavy atom. The summed E-state index contributed by atoms with van der Waals surface area (Å²) in [5, 5.41) is 0. The van der Waals surface area contributed by atoms with Gasteiger partial charge in [-0.05, 0) is 23.3 Å². The summed E-state index contributed by atoms with van der Waals surface area (Å²) in [6, 6.07) is 14.4. The molecule has 0 amide bonds. The molecular weight excluding hydrogens is 189 g/mol. The van der Waals surface area contributed by atoms with Crippen molar-refractivity contribution in [2.75, 3.05) is 0 Å². The van der Waals surface area contributed by atoms with Gasteiger partial charge in [0.1, 0.15) is 5.82 Å². The van der Waals surface area contributed by atoms with Gasteiger partial charge in [-0.15, -0.1) is 0 Å². The standard InChI is InChI=1S/C13H12FN/c14-13-7-6-10(9-15)8-12(13)11-4-2-1-3-5-11/h1-8H,9,15H2. The summed E-state index contributed by atoms with van der Waals surface area (Å²) in [6.45, 7) is 0.431. The molecule has 2 N–H and O–H groups in total. The average molecular weight is 201 g/mol. The SMILES string of the molecule is NCc1ccc(F)c(-c2ccccc2)c1. The molecule has 0 saturated carbocycles. The zero-order valence-electron chi connectivity index (χ0n) is 8.28. The van der Waals surface area contributed by atoms with Gasteiger partial charge in [0, 0.05) is 12.1 Å². The molecule has 0 saturated heterocycles. The lowest BCUT2D eigenvalue weighted by Crippen LogP contribution is -1.97. The van der Waals surface area contributed by atoms with Crippen molar-refractivity contribution in [2.24, 2.45) is 5.73 Å². The molecule has 0 aliphatic rings. The van der Waals surface area contributed by atoms with Gasteiger partial charge < -0.3 is 5.73 Å². The van der Waals surface area contributed by atoms with Crippen molar-refractivity contribution in [3.63, 3.8) is 0 Å². The number of benzene rings is 2. The smallest absolute Gasteiger partial charge is 0.131 e. The molecule has 1 nitrogen and oxygen atoms in total. The highest BCUT2D eigenvalue weighted by Gasteiger charge is 2.04. The maximum Gasteiger partial charge on any atom is 0.131 e. The Morgan fingerprint density at radius 2 is 1.73 bits per heavy atom. The Bertz CT molecular complexity index is 451. The largest absolute Gasteiger partial charge is 0.326 e. The first kappa shape index (κ1) is 9.87. The van der Waals surface area contributed by atoms with E-state index in [1.54, 1.807) is 12.1 Å². The van der Waals surface area contributed by atoms with Gasteiger partial charge in [-0.25, -0.2) is 4.39 Å². The molecule has 2 heteroatoms. The van der Waals surface area contributed by atoms with E-state index in [0.717, 1.165) is 11.1 Å². The zero-order valence-corrected chi connectivity index (χ0v) is 8.28. The van der Waals surface area contributed by atoms with E-state index in [1.165, 1.54) is 6.07 Å². The van der Waals surface area contributed by atoms with Crippen LogP contribution in [-0.2, 0) is 6.54 Å². The van der Waals surface area contributed by atoms with Crippen LogP contribution in [0, 0.1) is 5.82 Å². The van der Waals surface area contributed by atoms with Crippen molar-refractivity contribution in [1.29, 1.82) is 0 Å². The van der Waals surface area contributed by atoms with Gasteiger partial charge in [0.25, 0.3) is 0 Å². The van der Waals surface area contributed by atoms with Gasteiger partial charge in [0.15, 0.2) is 0 Å². The summed E-state index contributed by atoms with van der Waals surface area (Å²) in [4.78, 5) is 0. The minimum atomic E-state index is -0.210. The van der Waals surface area contributed by atoms with Crippen molar-refractivity contribution in [3.05, 3.63) is 59.9 Å². The Hall–Kier alpha value is -1.67. The van der Waals surface area contributed by atoms with Crippen LogP contribution in [0.1, 0.15) is 5.56 Å². The summed E-state index contributed by atoms with van der Waals surface area (Å²) in [5.41, 5.74) is 7.95. The molecular formula is C13H12FN. The molecule has 2 aromatic carbocycles. The number of hydrogen-bond donors (Lipinski definition) is 1. The zero-order chi connectivity index (χ0) is 10.7. The predicted octanol–water partition coefficient (Wildman–Crippen LogP) is 2.95. The van der Waals surface area contributed by atoms with Gasteiger partial charge in [-0.1, -0.05) is 36.4 Å². The van der Waals surface area contributed by atoms with Crippen LogP contribution >= 0.6 is 0 Å². The van der Waals surface area contributed by atoms with Gasteiger partial charge >= 0.3 is 0 Å². The quantitative estimate of drug-likeness (QED) is 0.794. The predicted molar refractivity (Wildman–Crippen MR) is 59.7 cm³/mol. The lowest BCUT2D eigenvalue weighted by molar-refractivity contribution is 0.630. The molecule has 76 valence electrons. The maximum absolute atomic E-state index is 13.6. The van der Waals surface area contributed by atoms with E-state index in [9.17, 15) is 4.39 Å². The highest BCUT2D eigenvalue weighted by atomic mass is 19.1. The first-order chi connectivity index (χ1) is 7.31. The Kier molecular flexibility index (Phi) is 2.79. The summed E-state index contributed by atoms with van der Waals surface area (Å²) in [5.74, 6) is -0.210. The van der Waals surface area contributed by atoms with Crippen LogP contribution in [0.25, 0.3) is 11.1 Å². The van der Waals surface area contributed by atoms with Gasteiger partial charge in [0.2, 0.25) is 0 Å². The number of halogens is 1. The van der Waals surface area contributed by atoms with E-state index >= 15 is 0 Å². The molecule has 0 atom stereocenters. The Labute approximate surface area is 88.4 Å². The number of rotatable bonds is 2. The topological polar surface area (TPSA) is 26.0 Å². The molecule has 0 heterocycles. The number of nitrogens with two attached hydrogens (primary N) is 1. The third-order valence-corrected chi connectivity index (χ3v) is 2.35. The third-order valence-electron chi connectivity index (χ3n) is 2.35. The summed E-state index contributed by atoms with van der Waals surface area (Å²) >= 11 is 0.